The molecule has 0 aliphatic heterocycles. The maximum absolute atomic E-state index is 11.2. The number of hydrogen-bond acceptors (Lipinski definition) is 4. The second-order valence-electron chi connectivity index (χ2n) is 3.53. The van der Waals surface area contributed by atoms with Crippen LogP contribution in [0.5, 0.6) is 0 Å². The highest BCUT2D eigenvalue weighted by Gasteiger charge is 2.04. The van der Waals surface area contributed by atoms with Crippen molar-refractivity contribution in [2.75, 3.05) is 25.6 Å². The van der Waals surface area contributed by atoms with Gasteiger partial charge in [0.2, 0.25) is 5.91 Å². The third-order valence-corrected chi connectivity index (χ3v) is 2.17. The molecule has 98 valence electrons. The van der Waals surface area contributed by atoms with E-state index >= 15 is 0 Å². The first kappa shape index (κ1) is 14.0. The number of hydrogen-bond donors (Lipinski definition) is 3. The number of ether oxygens (including phenoxy) is 1. The number of likely N-dealkylation sites (N-methyl/N-ethyl adjacent to an activating group) is 1. The Morgan fingerprint density at radius 3 is 2.50 bits per heavy atom. The Hall–Kier alpha value is -2.08. The molecule has 0 bridgehead atoms. The van der Waals surface area contributed by atoms with Crippen molar-refractivity contribution in [2.24, 2.45) is 0 Å². The van der Waals surface area contributed by atoms with Crippen molar-refractivity contribution in [3.63, 3.8) is 0 Å². The largest absolute Gasteiger partial charge is 0.447 e. The van der Waals surface area contributed by atoms with Crippen molar-refractivity contribution in [1.29, 1.82) is 0 Å². The first-order chi connectivity index (χ1) is 8.65. The second-order valence-corrected chi connectivity index (χ2v) is 3.53. The molecule has 0 heterocycles. The van der Waals surface area contributed by atoms with Gasteiger partial charge >= 0.3 is 6.09 Å². The SMILES string of the molecule is CNC(=O)Cc1ccc(NC(=O)OCCO)cc1. The number of nitrogens with one attached hydrogen (secondary N) is 2. The molecule has 0 aliphatic rings. The number of benzene rings is 1. The summed E-state index contributed by atoms with van der Waals surface area (Å²) in [7, 11) is 1.58. The topological polar surface area (TPSA) is 87.7 Å². The monoisotopic (exact) mass is 252 g/mol. The van der Waals surface area contributed by atoms with Gasteiger partial charge < -0.3 is 15.2 Å². The van der Waals surface area contributed by atoms with Crippen molar-refractivity contribution >= 4 is 17.7 Å². The molecule has 1 aromatic rings. The van der Waals surface area contributed by atoms with Crippen LogP contribution in [0.1, 0.15) is 5.56 Å². The van der Waals surface area contributed by atoms with E-state index in [9.17, 15) is 9.59 Å². The van der Waals surface area contributed by atoms with Crippen LogP contribution < -0.4 is 10.6 Å². The molecule has 0 radical (unpaired) electrons. The van der Waals surface area contributed by atoms with E-state index in [4.69, 9.17) is 5.11 Å². The normalized spacial score (nSPS) is 9.67. The highest BCUT2D eigenvalue weighted by atomic mass is 16.6. The molecule has 1 rings (SSSR count). The minimum Gasteiger partial charge on any atom is -0.447 e. The summed E-state index contributed by atoms with van der Waals surface area (Å²) in [6.45, 7) is -0.251. The average molecular weight is 252 g/mol. The van der Waals surface area contributed by atoms with E-state index in [1.165, 1.54) is 0 Å². The molecular formula is C12H16N2O4. The number of aliphatic hydroxyl groups is 1. The fourth-order valence-electron chi connectivity index (χ4n) is 1.27. The van der Waals surface area contributed by atoms with Gasteiger partial charge in [-0.05, 0) is 17.7 Å². The third-order valence-electron chi connectivity index (χ3n) is 2.17. The zero-order valence-electron chi connectivity index (χ0n) is 10.1. The summed E-state index contributed by atoms with van der Waals surface area (Å²) in [6, 6.07) is 6.85. The summed E-state index contributed by atoms with van der Waals surface area (Å²) in [5, 5.41) is 13.5. The molecule has 0 saturated carbocycles. The van der Waals surface area contributed by atoms with Gasteiger partial charge in [-0.2, -0.15) is 0 Å². The van der Waals surface area contributed by atoms with E-state index in [0.717, 1.165) is 5.56 Å². The molecule has 0 aliphatic carbocycles. The molecule has 0 unspecified atom stereocenters. The van der Waals surface area contributed by atoms with E-state index in [-0.39, 0.29) is 19.1 Å². The molecule has 0 saturated heterocycles. The highest BCUT2D eigenvalue weighted by molar-refractivity contribution is 5.84. The molecule has 6 heteroatoms. The minimum absolute atomic E-state index is 0.0411. The van der Waals surface area contributed by atoms with Gasteiger partial charge in [-0.25, -0.2) is 4.79 Å². The first-order valence-electron chi connectivity index (χ1n) is 5.50. The standard InChI is InChI=1S/C12H16N2O4/c1-13-11(16)8-9-2-4-10(5-3-9)14-12(17)18-7-6-15/h2-5,15H,6-8H2,1H3,(H,13,16)(H,14,17). The van der Waals surface area contributed by atoms with Gasteiger partial charge in [0.15, 0.2) is 0 Å². The van der Waals surface area contributed by atoms with E-state index in [0.29, 0.717) is 12.1 Å². The maximum Gasteiger partial charge on any atom is 0.411 e. The smallest absolute Gasteiger partial charge is 0.411 e. The van der Waals surface area contributed by atoms with Crippen LogP contribution in [-0.4, -0.2) is 37.4 Å². The summed E-state index contributed by atoms with van der Waals surface area (Å²) < 4.78 is 4.64. The van der Waals surface area contributed by atoms with E-state index in [1.807, 2.05) is 0 Å². The Morgan fingerprint density at radius 2 is 1.94 bits per heavy atom. The quantitative estimate of drug-likeness (QED) is 0.712. The van der Waals surface area contributed by atoms with E-state index in [2.05, 4.69) is 15.4 Å². The van der Waals surface area contributed by atoms with Gasteiger partial charge in [0.05, 0.1) is 13.0 Å². The maximum atomic E-state index is 11.2. The van der Waals surface area contributed by atoms with Crippen molar-refractivity contribution in [3.05, 3.63) is 29.8 Å². The lowest BCUT2D eigenvalue weighted by Gasteiger charge is -2.06. The van der Waals surface area contributed by atoms with Crippen LogP contribution in [0, 0.1) is 0 Å². The van der Waals surface area contributed by atoms with Crippen LogP contribution in [0.25, 0.3) is 0 Å². The number of carbonyl (C=O) groups is 2. The molecule has 3 N–H and O–H groups in total. The Morgan fingerprint density at radius 1 is 1.28 bits per heavy atom. The molecule has 0 spiro atoms. The highest BCUT2D eigenvalue weighted by Crippen LogP contribution is 2.10. The van der Waals surface area contributed by atoms with Crippen LogP contribution in [0.4, 0.5) is 10.5 Å². The summed E-state index contributed by atoms with van der Waals surface area (Å²) in [6.07, 6.45) is -0.325. The van der Waals surface area contributed by atoms with Crippen LogP contribution in [0.15, 0.2) is 24.3 Å². The van der Waals surface area contributed by atoms with Gasteiger partial charge in [-0.3, -0.25) is 10.1 Å². The zero-order valence-corrected chi connectivity index (χ0v) is 10.1. The Bertz CT molecular complexity index is 403. The van der Waals surface area contributed by atoms with E-state index < -0.39 is 6.09 Å². The number of rotatable bonds is 5. The van der Waals surface area contributed by atoms with Gasteiger partial charge in [0, 0.05) is 12.7 Å². The lowest BCUT2D eigenvalue weighted by Crippen LogP contribution is -2.20. The predicted octanol–water partition coefficient (Wildman–Crippen LogP) is 0.516. The van der Waals surface area contributed by atoms with Crippen molar-refractivity contribution in [2.45, 2.75) is 6.42 Å². The fraction of sp³-hybridized carbons (Fsp3) is 0.333. The Balaban J connectivity index is 2.49. The van der Waals surface area contributed by atoms with E-state index in [1.54, 1.807) is 31.3 Å². The van der Waals surface area contributed by atoms with Gasteiger partial charge in [-0.1, -0.05) is 12.1 Å². The number of amides is 2. The van der Waals surface area contributed by atoms with Crippen molar-refractivity contribution in [1.82, 2.24) is 5.32 Å². The number of aliphatic hydroxyl groups excluding tert-OH is 1. The summed E-state index contributed by atoms with van der Waals surface area (Å²) in [4.78, 5) is 22.3. The second kappa shape index (κ2) is 7.29. The minimum atomic E-state index is -0.622. The number of anilines is 1. The predicted molar refractivity (Wildman–Crippen MR) is 66.3 cm³/mol. The Labute approximate surface area is 105 Å². The molecular weight excluding hydrogens is 236 g/mol. The van der Waals surface area contributed by atoms with Crippen LogP contribution in [0.2, 0.25) is 0 Å². The lowest BCUT2D eigenvalue weighted by atomic mass is 10.1. The molecule has 18 heavy (non-hydrogen) atoms. The number of carbonyl (C=O) groups excluding carboxylic acids is 2. The molecule has 0 aromatic heterocycles. The zero-order chi connectivity index (χ0) is 13.4. The van der Waals surface area contributed by atoms with Gasteiger partial charge in [0.25, 0.3) is 0 Å². The molecule has 1 aromatic carbocycles. The van der Waals surface area contributed by atoms with Gasteiger partial charge in [-0.15, -0.1) is 0 Å². The van der Waals surface area contributed by atoms with Gasteiger partial charge in [0.1, 0.15) is 6.61 Å². The lowest BCUT2D eigenvalue weighted by molar-refractivity contribution is -0.119. The summed E-state index contributed by atoms with van der Waals surface area (Å²) in [5.74, 6) is -0.0712. The van der Waals surface area contributed by atoms with Crippen molar-refractivity contribution in [3.8, 4) is 0 Å². The van der Waals surface area contributed by atoms with Crippen LogP contribution >= 0.6 is 0 Å². The van der Waals surface area contributed by atoms with Crippen LogP contribution in [0.3, 0.4) is 0 Å². The first-order valence-corrected chi connectivity index (χ1v) is 5.50. The third kappa shape index (κ3) is 4.84. The molecule has 6 nitrogen and oxygen atoms in total. The molecule has 2 amide bonds. The molecule has 0 atom stereocenters. The van der Waals surface area contributed by atoms with Crippen molar-refractivity contribution < 1.29 is 19.4 Å². The van der Waals surface area contributed by atoms with Crippen LogP contribution in [-0.2, 0) is 16.0 Å². The Kier molecular flexibility index (Phi) is 5.66. The molecule has 0 fully saturated rings. The fourth-order valence-corrected chi connectivity index (χ4v) is 1.27. The average Bonchev–Trinajstić information content (AvgIpc) is 2.38. The summed E-state index contributed by atoms with van der Waals surface area (Å²) >= 11 is 0. The summed E-state index contributed by atoms with van der Waals surface area (Å²) in [5.41, 5.74) is 1.42.